The van der Waals surface area contributed by atoms with E-state index in [1.165, 1.54) is 11.3 Å². The van der Waals surface area contributed by atoms with Crippen LogP contribution in [0, 0.1) is 0 Å². The summed E-state index contributed by atoms with van der Waals surface area (Å²) in [7, 11) is 0. The van der Waals surface area contributed by atoms with Crippen LogP contribution in [-0.4, -0.2) is 50.9 Å². The summed E-state index contributed by atoms with van der Waals surface area (Å²) in [6.07, 6.45) is 0.837. The number of nitrogens with zero attached hydrogens (tertiary/aromatic N) is 6. The summed E-state index contributed by atoms with van der Waals surface area (Å²) in [4.78, 5) is 5.76. The molecule has 1 saturated heterocycles. The average molecular weight is 391 g/mol. The Morgan fingerprint density at radius 2 is 1.54 bits per heavy atom. The van der Waals surface area contributed by atoms with E-state index in [0.29, 0.717) is 0 Å². The molecule has 0 saturated carbocycles. The minimum atomic E-state index is 0.790. The first kappa shape index (κ1) is 17.3. The second-order valence-corrected chi connectivity index (χ2v) is 8.11. The number of anilines is 1. The Morgan fingerprint density at radius 1 is 0.821 bits per heavy atom. The zero-order valence-corrected chi connectivity index (χ0v) is 16.4. The molecular weight excluding hydrogens is 368 g/mol. The van der Waals surface area contributed by atoms with E-state index in [1.54, 1.807) is 11.3 Å². The first-order valence-corrected chi connectivity index (χ1v) is 10.4. The van der Waals surface area contributed by atoms with Gasteiger partial charge in [-0.25, -0.2) is 0 Å². The van der Waals surface area contributed by atoms with Gasteiger partial charge in [0.1, 0.15) is 5.01 Å². The lowest BCUT2D eigenvalue weighted by Crippen LogP contribution is -2.46. The van der Waals surface area contributed by atoms with Gasteiger partial charge in [0.05, 0.1) is 6.54 Å². The Kier molecular flexibility index (Phi) is 4.76. The van der Waals surface area contributed by atoms with Crippen LogP contribution in [0.1, 0.15) is 16.4 Å². The molecule has 0 radical (unpaired) electrons. The van der Waals surface area contributed by atoms with E-state index in [2.05, 4.69) is 74.6 Å². The van der Waals surface area contributed by atoms with Gasteiger partial charge >= 0.3 is 0 Å². The summed E-state index contributed by atoms with van der Waals surface area (Å²) < 4.78 is 1.92. The highest BCUT2D eigenvalue weighted by molar-refractivity contribution is 7.16. The fourth-order valence-electron chi connectivity index (χ4n) is 3.64. The quantitative estimate of drug-likeness (QED) is 0.524. The number of benzene rings is 2. The molecule has 0 spiro atoms. The summed E-state index contributed by atoms with van der Waals surface area (Å²) in [6.45, 7) is 4.89. The summed E-state index contributed by atoms with van der Waals surface area (Å²) in [5.74, 6) is 0.929. The first-order valence-electron chi connectivity index (χ1n) is 9.61. The Labute approximate surface area is 168 Å². The number of hydrogen-bond donors (Lipinski definition) is 0. The third kappa shape index (κ3) is 3.63. The maximum Gasteiger partial charge on any atom is 0.234 e. The lowest BCUT2D eigenvalue weighted by atomic mass is 10.2. The van der Waals surface area contributed by atoms with Crippen molar-refractivity contribution in [3.05, 3.63) is 77.1 Å². The highest BCUT2D eigenvalue weighted by Crippen LogP contribution is 2.20. The summed E-state index contributed by atoms with van der Waals surface area (Å²) >= 11 is 1.62. The fraction of sp³-hybridized carbons (Fsp3) is 0.286. The number of para-hydroxylation sites is 1. The highest BCUT2D eigenvalue weighted by atomic mass is 32.1. The zero-order valence-electron chi connectivity index (χ0n) is 15.6. The molecule has 4 aromatic rings. The highest BCUT2D eigenvalue weighted by Gasteiger charge is 2.20. The van der Waals surface area contributed by atoms with Gasteiger partial charge in [-0.2, -0.15) is 9.61 Å². The van der Waals surface area contributed by atoms with Crippen LogP contribution in [0.5, 0.6) is 0 Å². The van der Waals surface area contributed by atoms with Gasteiger partial charge in [-0.1, -0.05) is 59.9 Å². The van der Waals surface area contributed by atoms with Crippen LogP contribution >= 0.6 is 11.3 Å². The lowest BCUT2D eigenvalue weighted by Gasteiger charge is -2.35. The van der Waals surface area contributed by atoms with Crippen LogP contribution in [0.15, 0.2) is 60.7 Å². The van der Waals surface area contributed by atoms with Crippen LogP contribution in [0.2, 0.25) is 0 Å². The first-order chi connectivity index (χ1) is 13.8. The van der Waals surface area contributed by atoms with Gasteiger partial charge in [-0.05, 0) is 17.7 Å². The maximum absolute atomic E-state index is 4.77. The molecule has 1 fully saturated rings. The lowest BCUT2D eigenvalue weighted by molar-refractivity contribution is 0.242. The monoisotopic (exact) mass is 390 g/mol. The van der Waals surface area contributed by atoms with Crippen molar-refractivity contribution in [2.24, 2.45) is 0 Å². The molecular formula is C21H22N6S. The number of aromatic nitrogens is 4. The SMILES string of the molecule is c1ccc(Cc2nn3c(CN4CCN(c5ccccc5)CC4)nnc3s2)cc1. The molecule has 5 rings (SSSR count). The second-order valence-electron chi connectivity index (χ2n) is 7.07. The van der Waals surface area contributed by atoms with Gasteiger partial charge in [0.2, 0.25) is 4.96 Å². The van der Waals surface area contributed by atoms with Gasteiger partial charge in [0, 0.05) is 38.3 Å². The van der Waals surface area contributed by atoms with Gasteiger partial charge < -0.3 is 4.90 Å². The van der Waals surface area contributed by atoms with Crippen molar-refractivity contribution >= 4 is 22.0 Å². The number of rotatable bonds is 5. The molecule has 0 N–H and O–H groups in total. The molecule has 3 heterocycles. The predicted octanol–water partition coefficient (Wildman–Crippen LogP) is 3.10. The molecule has 0 unspecified atom stereocenters. The molecule has 0 amide bonds. The van der Waals surface area contributed by atoms with Crippen LogP contribution in [0.25, 0.3) is 4.96 Å². The van der Waals surface area contributed by atoms with Gasteiger partial charge in [-0.3, -0.25) is 4.90 Å². The van der Waals surface area contributed by atoms with E-state index in [9.17, 15) is 0 Å². The minimum Gasteiger partial charge on any atom is -0.369 e. The molecule has 1 aliphatic rings. The normalized spacial score (nSPS) is 15.4. The van der Waals surface area contributed by atoms with Crippen molar-refractivity contribution in [3.63, 3.8) is 0 Å². The number of fused-ring (bicyclic) bond motifs is 1. The van der Waals surface area contributed by atoms with E-state index in [4.69, 9.17) is 5.10 Å². The fourth-order valence-corrected chi connectivity index (χ4v) is 4.53. The summed E-state index contributed by atoms with van der Waals surface area (Å²) in [5, 5.41) is 14.6. The molecule has 0 aliphatic carbocycles. The molecule has 0 atom stereocenters. The van der Waals surface area contributed by atoms with Gasteiger partial charge in [0.15, 0.2) is 5.82 Å². The van der Waals surface area contributed by atoms with Crippen LogP contribution in [0.3, 0.4) is 0 Å². The van der Waals surface area contributed by atoms with Crippen molar-refractivity contribution in [1.82, 2.24) is 24.7 Å². The van der Waals surface area contributed by atoms with Gasteiger partial charge in [-0.15, -0.1) is 10.2 Å². The average Bonchev–Trinajstić information content (AvgIpc) is 3.31. The maximum atomic E-state index is 4.77. The summed E-state index contributed by atoms with van der Waals surface area (Å²) in [5.41, 5.74) is 2.57. The second kappa shape index (κ2) is 7.69. The van der Waals surface area contributed by atoms with E-state index < -0.39 is 0 Å². The van der Waals surface area contributed by atoms with Crippen LogP contribution in [0.4, 0.5) is 5.69 Å². The van der Waals surface area contributed by atoms with Crippen molar-refractivity contribution in [2.75, 3.05) is 31.1 Å². The van der Waals surface area contributed by atoms with Crippen molar-refractivity contribution in [1.29, 1.82) is 0 Å². The molecule has 1 aliphatic heterocycles. The Balaban J connectivity index is 1.25. The molecule has 7 heteroatoms. The Hall–Kier alpha value is -2.77. The Morgan fingerprint density at radius 3 is 2.29 bits per heavy atom. The predicted molar refractivity (Wildman–Crippen MR) is 112 cm³/mol. The smallest absolute Gasteiger partial charge is 0.234 e. The van der Waals surface area contributed by atoms with E-state index in [-0.39, 0.29) is 0 Å². The topological polar surface area (TPSA) is 49.6 Å². The van der Waals surface area contributed by atoms with Crippen molar-refractivity contribution in [3.8, 4) is 0 Å². The largest absolute Gasteiger partial charge is 0.369 e. The Bertz CT molecular complexity index is 1030. The molecule has 28 heavy (non-hydrogen) atoms. The molecule has 6 nitrogen and oxygen atoms in total. The van der Waals surface area contributed by atoms with Gasteiger partial charge in [0.25, 0.3) is 0 Å². The van der Waals surface area contributed by atoms with E-state index in [0.717, 1.165) is 54.9 Å². The molecule has 2 aromatic heterocycles. The molecule has 0 bridgehead atoms. The molecule has 2 aromatic carbocycles. The summed E-state index contributed by atoms with van der Waals surface area (Å²) in [6, 6.07) is 21.1. The molecule has 142 valence electrons. The van der Waals surface area contributed by atoms with E-state index in [1.807, 2.05) is 10.6 Å². The zero-order chi connectivity index (χ0) is 18.8. The number of hydrogen-bond acceptors (Lipinski definition) is 6. The van der Waals surface area contributed by atoms with Crippen LogP contribution < -0.4 is 4.90 Å². The number of piperazine rings is 1. The standard InChI is InChI=1S/C21H22N6S/c1-3-7-17(8-4-1)15-20-24-27-19(22-23-21(27)28-20)16-25-11-13-26(14-12-25)18-9-5-2-6-10-18/h1-10H,11-16H2. The third-order valence-electron chi connectivity index (χ3n) is 5.15. The minimum absolute atomic E-state index is 0.790. The van der Waals surface area contributed by atoms with Crippen molar-refractivity contribution in [2.45, 2.75) is 13.0 Å². The third-order valence-corrected chi connectivity index (χ3v) is 6.05. The van der Waals surface area contributed by atoms with Crippen LogP contribution in [-0.2, 0) is 13.0 Å². The van der Waals surface area contributed by atoms with E-state index >= 15 is 0 Å². The van der Waals surface area contributed by atoms with Crippen molar-refractivity contribution < 1.29 is 0 Å².